The number of allylic oxidation sites excluding steroid dienone is 1. The number of hydrogen-bond acceptors (Lipinski definition) is 4. The maximum atomic E-state index is 12.3. The highest BCUT2D eigenvalue weighted by Gasteiger charge is 2.44. The fourth-order valence-electron chi connectivity index (χ4n) is 3.19. The molecule has 2 aliphatic rings. The zero-order chi connectivity index (χ0) is 14.7. The second kappa shape index (κ2) is 6.53. The van der Waals surface area contributed by atoms with Crippen LogP contribution in [0.25, 0.3) is 0 Å². The molecule has 0 amide bonds. The number of carbonyl (C=O) groups is 2. The Labute approximate surface area is 121 Å². The lowest BCUT2D eigenvalue weighted by atomic mass is 9.97. The summed E-state index contributed by atoms with van der Waals surface area (Å²) in [6.45, 7) is 7.72. The van der Waals surface area contributed by atoms with Crippen LogP contribution in [-0.2, 0) is 14.3 Å². The third-order valence-corrected chi connectivity index (χ3v) is 4.44. The zero-order valence-corrected chi connectivity index (χ0v) is 12.7. The maximum Gasteiger partial charge on any atom is 0.323 e. The van der Waals surface area contributed by atoms with Gasteiger partial charge in [0.05, 0.1) is 6.61 Å². The van der Waals surface area contributed by atoms with Crippen LogP contribution in [0.15, 0.2) is 11.6 Å². The van der Waals surface area contributed by atoms with E-state index < -0.39 is 0 Å². The van der Waals surface area contributed by atoms with E-state index in [1.54, 1.807) is 0 Å². The van der Waals surface area contributed by atoms with Crippen LogP contribution in [0.3, 0.4) is 0 Å². The summed E-state index contributed by atoms with van der Waals surface area (Å²) >= 11 is 0. The van der Waals surface area contributed by atoms with Crippen molar-refractivity contribution in [2.75, 3.05) is 19.7 Å². The lowest BCUT2D eigenvalue weighted by Gasteiger charge is -2.22. The molecule has 2 rings (SSSR count). The quantitative estimate of drug-likeness (QED) is 0.699. The van der Waals surface area contributed by atoms with E-state index in [1.165, 1.54) is 0 Å². The van der Waals surface area contributed by atoms with Gasteiger partial charge in [0.1, 0.15) is 6.04 Å². The van der Waals surface area contributed by atoms with Gasteiger partial charge in [-0.2, -0.15) is 0 Å². The van der Waals surface area contributed by atoms with Crippen molar-refractivity contribution in [1.29, 1.82) is 0 Å². The van der Waals surface area contributed by atoms with Gasteiger partial charge in [-0.25, -0.2) is 0 Å². The molecule has 4 heteroatoms. The van der Waals surface area contributed by atoms with Crippen LogP contribution < -0.4 is 0 Å². The summed E-state index contributed by atoms with van der Waals surface area (Å²) in [6.07, 6.45) is 5.27. The molecule has 1 aliphatic heterocycles. The van der Waals surface area contributed by atoms with Gasteiger partial charge in [0.2, 0.25) is 0 Å². The summed E-state index contributed by atoms with van der Waals surface area (Å²) in [5.74, 6) is 0.488. The fraction of sp³-hybridized carbons (Fsp3) is 0.750. The van der Waals surface area contributed by atoms with Crippen LogP contribution in [0.1, 0.15) is 40.0 Å². The summed E-state index contributed by atoms with van der Waals surface area (Å²) in [4.78, 5) is 26.2. The number of fused-ring (bicyclic) bond motifs is 1. The molecule has 0 aromatic rings. The van der Waals surface area contributed by atoms with E-state index in [0.717, 1.165) is 31.4 Å². The van der Waals surface area contributed by atoms with Gasteiger partial charge >= 0.3 is 5.97 Å². The summed E-state index contributed by atoms with van der Waals surface area (Å²) < 4.78 is 5.06. The molecule has 112 valence electrons. The molecule has 0 N–H and O–H groups in total. The van der Waals surface area contributed by atoms with E-state index in [0.29, 0.717) is 24.9 Å². The minimum absolute atomic E-state index is 0.0683. The number of nitrogens with zero attached hydrogens (tertiary/aromatic N) is 1. The van der Waals surface area contributed by atoms with Crippen LogP contribution >= 0.6 is 0 Å². The maximum absolute atomic E-state index is 12.3. The Bertz CT molecular complexity index is 416. The average molecular weight is 279 g/mol. The number of Topliss-reactive ketones (excluding diaryl/α,β-unsaturated/α-hetero) is 1. The van der Waals surface area contributed by atoms with Gasteiger partial charge in [-0.3, -0.25) is 14.5 Å². The van der Waals surface area contributed by atoms with Gasteiger partial charge in [0, 0.05) is 24.9 Å². The molecule has 0 radical (unpaired) electrons. The molecule has 3 atom stereocenters. The number of rotatable bonds is 6. The Morgan fingerprint density at radius 3 is 2.80 bits per heavy atom. The van der Waals surface area contributed by atoms with E-state index >= 15 is 0 Å². The van der Waals surface area contributed by atoms with Crippen LogP contribution in [-0.4, -0.2) is 42.4 Å². The normalized spacial score (nSPS) is 27.4. The van der Waals surface area contributed by atoms with Crippen LogP contribution in [0.4, 0.5) is 0 Å². The second-order valence-corrected chi connectivity index (χ2v) is 5.81. The Morgan fingerprint density at radius 2 is 2.20 bits per heavy atom. The van der Waals surface area contributed by atoms with E-state index in [4.69, 9.17) is 4.74 Å². The second-order valence-electron chi connectivity index (χ2n) is 5.81. The number of esters is 1. The van der Waals surface area contributed by atoms with Crippen molar-refractivity contribution in [3.63, 3.8) is 0 Å². The molecule has 1 unspecified atom stereocenters. The fourth-order valence-corrected chi connectivity index (χ4v) is 3.19. The third-order valence-electron chi connectivity index (χ3n) is 4.44. The van der Waals surface area contributed by atoms with E-state index in [-0.39, 0.29) is 17.9 Å². The predicted octanol–water partition coefficient (Wildman–Crippen LogP) is 2.19. The van der Waals surface area contributed by atoms with Crippen LogP contribution in [0, 0.1) is 11.8 Å². The van der Waals surface area contributed by atoms with Crippen LogP contribution in [0.2, 0.25) is 0 Å². The first kappa shape index (κ1) is 15.2. The first-order valence-electron chi connectivity index (χ1n) is 7.74. The zero-order valence-electron chi connectivity index (χ0n) is 12.7. The number of likely N-dealkylation sites (tertiary alicyclic amines) is 1. The van der Waals surface area contributed by atoms with E-state index in [9.17, 15) is 9.59 Å². The molecule has 0 bridgehead atoms. The Hall–Kier alpha value is -1.16. The monoisotopic (exact) mass is 279 g/mol. The van der Waals surface area contributed by atoms with Crippen molar-refractivity contribution in [3.8, 4) is 0 Å². The molecule has 4 nitrogen and oxygen atoms in total. The molecule has 0 saturated carbocycles. The first-order chi connectivity index (χ1) is 9.58. The van der Waals surface area contributed by atoms with Crippen molar-refractivity contribution in [2.24, 2.45) is 11.8 Å². The molecule has 1 saturated heterocycles. The predicted molar refractivity (Wildman–Crippen MR) is 77.3 cm³/mol. The van der Waals surface area contributed by atoms with Gasteiger partial charge < -0.3 is 4.74 Å². The van der Waals surface area contributed by atoms with Crippen molar-refractivity contribution in [1.82, 2.24) is 4.90 Å². The topological polar surface area (TPSA) is 46.6 Å². The highest BCUT2D eigenvalue weighted by Crippen LogP contribution is 2.36. The molecular weight excluding hydrogens is 254 g/mol. The van der Waals surface area contributed by atoms with Crippen molar-refractivity contribution in [2.45, 2.75) is 46.1 Å². The number of ketones is 1. The molecule has 1 heterocycles. The minimum Gasteiger partial charge on any atom is -0.465 e. The number of carbonyl (C=O) groups excluding carboxylic acids is 2. The molecule has 0 aromatic carbocycles. The molecule has 0 spiro atoms. The highest BCUT2D eigenvalue weighted by molar-refractivity contribution is 6.00. The first-order valence-corrected chi connectivity index (χ1v) is 7.74. The number of ether oxygens (including phenoxy) is 1. The molecular formula is C16H25NO3. The Morgan fingerprint density at radius 1 is 1.45 bits per heavy atom. The molecule has 1 fully saturated rings. The van der Waals surface area contributed by atoms with Crippen molar-refractivity contribution >= 4 is 11.8 Å². The largest absolute Gasteiger partial charge is 0.465 e. The van der Waals surface area contributed by atoms with Crippen molar-refractivity contribution in [3.05, 3.63) is 11.6 Å². The smallest absolute Gasteiger partial charge is 0.323 e. The van der Waals surface area contributed by atoms with Gasteiger partial charge in [-0.15, -0.1) is 0 Å². The third kappa shape index (κ3) is 2.95. The highest BCUT2D eigenvalue weighted by atomic mass is 16.5. The Balaban J connectivity index is 1.95. The number of unbranched alkanes of at least 4 members (excludes halogenated alkanes) is 1. The molecule has 0 aromatic heterocycles. The number of hydrogen-bond donors (Lipinski definition) is 0. The van der Waals surface area contributed by atoms with Gasteiger partial charge in [-0.1, -0.05) is 19.4 Å². The van der Waals surface area contributed by atoms with Gasteiger partial charge in [0.25, 0.3) is 0 Å². The summed E-state index contributed by atoms with van der Waals surface area (Å²) in [6, 6.07) is -0.249. The van der Waals surface area contributed by atoms with Gasteiger partial charge in [0.15, 0.2) is 5.78 Å². The summed E-state index contributed by atoms with van der Waals surface area (Å²) in [5.41, 5.74) is 1.02. The molecule has 20 heavy (non-hydrogen) atoms. The average Bonchev–Trinajstić information content (AvgIpc) is 2.96. The van der Waals surface area contributed by atoms with Gasteiger partial charge in [-0.05, 0) is 32.3 Å². The minimum atomic E-state index is -0.249. The van der Waals surface area contributed by atoms with E-state index in [2.05, 4.69) is 17.9 Å². The van der Waals surface area contributed by atoms with Crippen molar-refractivity contribution < 1.29 is 14.3 Å². The molecule has 1 aliphatic carbocycles. The van der Waals surface area contributed by atoms with E-state index in [1.807, 2.05) is 13.8 Å². The standard InChI is InChI=1S/C16H25NO3/c1-4-6-7-12-8-13-9-17(10-14(13)15(12)18)11(3)16(19)20-5-2/h8,11,13-14H,4-7,9-10H2,1-3H3/t11?,13-,14+/m0/s1. The lowest BCUT2D eigenvalue weighted by molar-refractivity contribution is -0.148. The lowest BCUT2D eigenvalue weighted by Crippen LogP contribution is -2.39. The Kier molecular flexibility index (Phi) is 4.97. The summed E-state index contributed by atoms with van der Waals surface area (Å²) in [7, 11) is 0. The van der Waals surface area contributed by atoms with Crippen LogP contribution in [0.5, 0.6) is 0 Å². The summed E-state index contributed by atoms with van der Waals surface area (Å²) in [5, 5.41) is 0. The SMILES string of the molecule is CCCCC1=C[C@H]2CN(C(C)C(=O)OCC)C[C@H]2C1=O.